The molecule has 0 fully saturated rings. The zero-order valence-electron chi connectivity index (χ0n) is 15.8. The summed E-state index contributed by atoms with van der Waals surface area (Å²) in [6.07, 6.45) is 0.168. The molecule has 30 heavy (non-hydrogen) atoms. The third-order valence-corrected chi connectivity index (χ3v) is 7.95. The molecule has 3 rings (SSSR count). The zero-order chi connectivity index (χ0) is 21.7. The van der Waals surface area contributed by atoms with Crippen molar-refractivity contribution >= 4 is 60.5 Å². The van der Waals surface area contributed by atoms with Crippen LogP contribution in [0.15, 0.2) is 68.7 Å². The van der Waals surface area contributed by atoms with Crippen molar-refractivity contribution in [3.05, 3.63) is 75.0 Å². The van der Waals surface area contributed by atoms with Gasteiger partial charge < -0.3 is 10.1 Å². The number of benzene rings is 2. The van der Waals surface area contributed by atoms with E-state index in [4.69, 9.17) is 16.3 Å². The number of methoxy groups -OCH3 is 1. The number of carbonyl (C=O) groups excluding carboxylic acids is 1. The lowest BCUT2D eigenvalue weighted by Crippen LogP contribution is -2.45. The molecule has 2 aromatic carbocycles. The number of sulfonamides is 1. The van der Waals surface area contributed by atoms with Crippen LogP contribution in [0, 0.1) is 0 Å². The van der Waals surface area contributed by atoms with E-state index in [1.807, 2.05) is 30.3 Å². The molecule has 0 aliphatic rings. The molecule has 1 amide bonds. The van der Waals surface area contributed by atoms with Crippen molar-refractivity contribution in [2.75, 3.05) is 12.4 Å². The maximum Gasteiger partial charge on any atom is 0.250 e. The second-order valence-corrected chi connectivity index (χ2v) is 11.1. The maximum absolute atomic E-state index is 13.1. The first-order chi connectivity index (χ1) is 14.3. The summed E-state index contributed by atoms with van der Waals surface area (Å²) in [5, 5.41) is 3.13. The SMILES string of the molecule is COc1ccc(Cl)cc1NC(=O)C(Cc1ccccc1)NS(=O)(=O)c1ccc(Br)s1. The highest BCUT2D eigenvalue weighted by molar-refractivity contribution is 9.11. The number of ether oxygens (including phenoxy) is 1. The van der Waals surface area contributed by atoms with Crippen LogP contribution in [0.1, 0.15) is 5.56 Å². The highest BCUT2D eigenvalue weighted by atomic mass is 79.9. The van der Waals surface area contributed by atoms with Gasteiger partial charge in [0.05, 0.1) is 16.6 Å². The number of hydrogen-bond acceptors (Lipinski definition) is 5. The van der Waals surface area contributed by atoms with E-state index >= 15 is 0 Å². The first-order valence-electron chi connectivity index (χ1n) is 8.74. The number of rotatable bonds is 8. The zero-order valence-corrected chi connectivity index (χ0v) is 19.7. The van der Waals surface area contributed by atoms with Gasteiger partial charge in [0.25, 0.3) is 10.0 Å². The van der Waals surface area contributed by atoms with E-state index in [9.17, 15) is 13.2 Å². The molecule has 0 spiro atoms. The molecule has 1 heterocycles. The quantitative estimate of drug-likeness (QED) is 0.443. The Morgan fingerprint density at radius 3 is 2.53 bits per heavy atom. The van der Waals surface area contributed by atoms with Crippen LogP contribution in [0.25, 0.3) is 0 Å². The van der Waals surface area contributed by atoms with Gasteiger partial charge in [-0.1, -0.05) is 41.9 Å². The van der Waals surface area contributed by atoms with E-state index in [2.05, 4.69) is 26.0 Å². The summed E-state index contributed by atoms with van der Waals surface area (Å²) in [7, 11) is -2.43. The molecule has 0 radical (unpaired) electrons. The van der Waals surface area contributed by atoms with Gasteiger partial charge in [-0.25, -0.2) is 8.42 Å². The summed E-state index contributed by atoms with van der Waals surface area (Å²) < 4.78 is 34.2. The third kappa shape index (κ3) is 5.83. The maximum atomic E-state index is 13.1. The van der Waals surface area contributed by atoms with Crippen molar-refractivity contribution in [1.82, 2.24) is 4.72 Å². The highest BCUT2D eigenvalue weighted by Gasteiger charge is 2.28. The number of nitrogens with one attached hydrogen (secondary N) is 2. The average molecular weight is 530 g/mol. The molecule has 3 aromatic rings. The molecular weight excluding hydrogens is 512 g/mol. The van der Waals surface area contributed by atoms with E-state index in [-0.39, 0.29) is 10.6 Å². The summed E-state index contributed by atoms with van der Waals surface area (Å²) in [5.41, 5.74) is 1.16. The van der Waals surface area contributed by atoms with Gasteiger partial charge in [-0.05, 0) is 58.2 Å². The average Bonchev–Trinajstić information content (AvgIpc) is 3.16. The minimum Gasteiger partial charge on any atom is -0.495 e. The molecule has 1 aromatic heterocycles. The molecule has 1 unspecified atom stereocenters. The number of hydrogen-bond donors (Lipinski definition) is 2. The second kappa shape index (κ2) is 9.93. The Morgan fingerprint density at radius 2 is 1.90 bits per heavy atom. The van der Waals surface area contributed by atoms with Gasteiger partial charge in [-0.15, -0.1) is 11.3 Å². The van der Waals surface area contributed by atoms with Crippen LogP contribution in [0.5, 0.6) is 5.75 Å². The molecule has 2 N–H and O–H groups in total. The fraction of sp³-hybridized carbons (Fsp3) is 0.150. The topological polar surface area (TPSA) is 84.5 Å². The van der Waals surface area contributed by atoms with E-state index < -0.39 is 22.0 Å². The Bertz CT molecular complexity index is 1140. The Hall–Kier alpha value is -1.91. The van der Waals surface area contributed by atoms with Crippen molar-refractivity contribution in [1.29, 1.82) is 0 Å². The molecule has 0 bridgehead atoms. The Kier molecular flexibility index (Phi) is 7.54. The standard InChI is InChI=1S/C20H18BrClN2O4S2/c1-28-17-8-7-14(22)12-15(17)23-20(25)16(11-13-5-3-2-4-6-13)24-30(26,27)19-10-9-18(21)29-19/h2-10,12,16,24H,11H2,1H3,(H,23,25). The van der Waals surface area contributed by atoms with Crippen molar-refractivity contribution in [3.8, 4) is 5.75 Å². The normalized spacial score (nSPS) is 12.4. The summed E-state index contributed by atoms with van der Waals surface area (Å²) >= 11 is 10.4. The first kappa shape index (κ1) is 22.8. The van der Waals surface area contributed by atoms with Crippen molar-refractivity contribution < 1.29 is 17.9 Å². The fourth-order valence-corrected chi connectivity index (χ4v) is 6.12. The monoisotopic (exact) mass is 528 g/mol. The highest BCUT2D eigenvalue weighted by Crippen LogP contribution is 2.29. The summed E-state index contributed by atoms with van der Waals surface area (Å²) in [4.78, 5) is 13.1. The Morgan fingerprint density at radius 1 is 1.17 bits per heavy atom. The number of anilines is 1. The molecule has 10 heteroatoms. The van der Waals surface area contributed by atoms with Crippen LogP contribution in [0.4, 0.5) is 5.69 Å². The van der Waals surface area contributed by atoms with Gasteiger partial charge >= 0.3 is 0 Å². The second-order valence-electron chi connectivity index (χ2n) is 6.26. The van der Waals surface area contributed by atoms with Crippen molar-refractivity contribution in [3.63, 3.8) is 0 Å². The predicted molar refractivity (Wildman–Crippen MR) is 123 cm³/mol. The first-order valence-corrected chi connectivity index (χ1v) is 12.2. The number of thiophene rings is 1. The molecule has 0 aliphatic heterocycles. The Balaban J connectivity index is 1.89. The number of carbonyl (C=O) groups is 1. The summed E-state index contributed by atoms with van der Waals surface area (Å²) in [5.74, 6) is -0.116. The Labute approximate surface area is 192 Å². The lowest BCUT2D eigenvalue weighted by Gasteiger charge is -2.19. The third-order valence-electron chi connectivity index (χ3n) is 4.13. The van der Waals surface area contributed by atoms with Crippen molar-refractivity contribution in [2.45, 2.75) is 16.7 Å². The molecule has 0 saturated heterocycles. The smallest absolute Gasteiger partial charge is 0.250 e. The fourth-order valence-electron chi connectivity index (χ4n) is 2.72. The molecule has 1 atom stereocenters. The van der Waals surface area contributed by atoms with E-state index in [1.165, 1.54) is 13.2 Å². The van der Waals surface area contributed by atoms with Crippen LogP contribution >= 0.6 is 38.9 Å². The lowest BCUT2D eigenvalue weighted by atomic mass is 10.1. The van der Waals surface area contributed by atoms with Gasteiger partial charge in [0.15, 0.2) is 0 Å². The summed E-state index contributed by atoms with van der Waals surface area (Å²) in [6, 6.07) is 16.0. The molecular formula is C20H18BrClN2O4S2. The minimum absolute atomic E-state index is 0.112. The molecule has 158 valence electrons. The largest absolute Gasteiger partial charge is 0.495 e. The molecule has 0 aliphatic carbocycles. The number of halogens is 2. The van der Waals surface area contributed by atoms with Crippen LogP contribution in [-0.4, -0.2) is 27.5 Å². The predicted octanol–water partition coefficient (Wildman–Crippen LogP) is 4.70. The van der Waals surface area contributed by atoms with Crippen molar-refractivity contribution in [2.24, 2.45) is 0 Å². The van der Waals surface area contributed by atoms with Gasteiger partial charge in [-0.3, -0.25) is 4.79 Å². The summed E-state index contributed by atoms with van der Waals surface area (Å²) in [6.45, 7) is 0. The van der Waals surface area contributed by atoms with Crippen LogP contribution in [-0.2, 0) is 21.2 Å². The number of amides is 1. The molecule has 6 nitrogen and oxygen atoms in total. The van der Waals surface area contributed by atoms with E-state index in [0.29, 0.717) is 20.2 Å². The van der Waals surface area contributed by atoms with E-state index in [1.54, 1.807) is 24.3 Å². The van der Waals surface area contributed by atoms with Crippen LogP contribution in [0.3, 0.4) is 0 Å². The van der Waals surface area contributed by atoms with Gasteiger partial charge in [-0.2, -0.15) is 4.72 Å². The van der Waals surface area contributed by atoms with Gasteiger partial charge in [0.2, 0.25) is 5.91 Å². The van der Waals surface area contributed by atoms with Crippen LogP contribution in [0.2, 0.25) is 5.02 Å². The molecule has 0 saturated carbocycles. The minimum atomic E-state index is -3.90. The van der Waals surface area contributed by atoms with Gasteiger partial charge in [0.1, 0.15) is 16.0 Å². The van der Waals surface area contributed by atoms with Crippen LogP contribution < -0.4 is 14.8 Å². The lowest BCUT2D eigenvalue weighted by molar-refractivity contribution is -0.117. The van der Waals surface area contributed by atoms with Gasteiger partial charge in [0, 0.05) is 5.02 Å². The van der Waals surface area contributed by atoms with E-state index in [0.717, 1.165) is 16.9 Å².